The van der Waals surface area contributed by atoms with Crippen LogP contribution in [0.3, 0.4) is 0 Å². The highest BCUT2D eigenvalue weighted by Crippen LogP contribution is 2.21. The van der Waals surface area contributed by atoms with E-state index in [0.717, 1.165) is 32.4 Å². The number of hydrogen-bond acceptors (Lipinski definition) is 5. The predicted octanol–water partition coefficient (Wildman–Crippen LogP) is 2.26. The normalized spacial score (nSPS) is 18.6. The lowest BCUT2D eigenvalue weighted by atomic mass is 9.88. The molecule has 0 aromatic carbocycles. The summed E-state index contributed by atoms with van der Waals surface area (Å²) in [6, 6.07) is 0. The Hall–Kier alpha value is -1.40. The molecule has 0 saturated carbocycles. The molecule has 1 amide bonds. The second-order valence-corrected chi connectivity index (χ2v) is 6.82. The van der Waals surface area contributed by atoms with Gasteiger partial charge in [0.2, 0.25) is 5.95 Å². The third-order valence-electron chi connectivity index (χ3n) is 4.62. The highest BCUT2D eigenvalue weighted by molar-refractivity contribution is 6.33. The Morgan fingerprint density at radius 2 is 2.17 bits per heavy atom. The largest absolute Gasteiger partial charge is 0.388 e. The number of amides is 1. The molecule has 1 aliphatic heterocycles. The summed E-state index contributed by atoms with van der Waals surface area (Å²) < 4.78 is 0. The molecule has 2 unspecified atom stereocenters. The van der Waals surface area contributed by atoms with E-state index < -0.39 is 5.60 Å². The lowest BCUT2D eigenvalue weighted by Gasteiger charge is -2.29. The van der Waals surface area contributed by atoms with Gasteiger partial charge in [0.15, 0.2) is 5.69 Å². The van der Waals surface area contributed by atoms with E-state index in [-0.39, 0.29) is 29.1 Å². The monoisotopic (exact) mass is 340 g/mol. The van der Waals surface area contributed by atoms with Crippen LogP contribution < -0.4 is 10.2 Å². The average Bonchev–Trinajstić information content (AvgIpc) is 3.06. The van der Waals surface area contributed by atoms with Crippen LogP contribution in [-0.4, -0.2) is 46.2 Å². The first-order chi connectivity index (χ1) is 10.8. The molecule has 128 valence electrons. The third kappa shape index (κ3) is 4.32. The van der Waals surface area contributed by atoms with Gasteiger partial charge >= 0.3 is 0 Å². The van der Waals surface area contributed by atoms with Crippen LogP contribution in [0.4, 0.5) is 5.95 Å². The number of aromatic nitrogens is 2. The molecule has 0 bridgehead atoms. The molecular weight excluding hydrogens is 316 g/mol. The van der Waals surface area contributed by atoms with E-state index in [1.54, 1.807) is 6.92 Å². The summed E-state index contributed by atoms with van der Waals surface area (Å²) in [4.78, 5) is 22.9. The first-order valence-electron chi connectivity index (χ1n) is 8.13. The summed E-state index contributed by atoms with van der Waals surface area (Å²) in [5, 5.41) is 13.3. The molecule has 2 rings (SSSR count). The minimum atomic E-state index is -0.971. The van der Waals surface area contributed by atoms with Crippen molar-refractivity contribution in [3.05, 3.63) is 16.9 Å². The van der Waals surface area contributed by atoms with Gasteiger partial charge in [-0.15, -0.1) is 0 Å². The number of carbonyl (C=O) groups excluding carboxylic acids is 1. The Labute approximate surface area is 142 Å². The van der Waals surface area contributed by atoms with Gasteiger partial charge in [0, 0.05) is 19.6 Å². The Balaban J connectivity index is 2.08. The minimum absolute atomic E-state index is 0.0730. The number of aliphatic hydroxyl groups is 1. The fourth-order valence-corrected chi connectivity index (χ4v) is 2.72. The first kappa shape index (κ1) is 17.9. The molecule has 2 heterocycles. The molecule has 1 aromatic rings. The molecule has 2 N–H and O–H groups in total. The van der Waals surface area contributed by atoms with Gasteiger partial charge in [0.25, 0.3) is 5.91 Å². The Morgan fingerprint density at radius 3 is 2.78 bits per heavy atom. The van der Waals surface area contributed by atoms with Gasteiger partial charge in [-0.05, 0) is 25.7 Å². The van der Waals surface area contributed by atoms with E-state index in [1.165, 1.54) is 6.20 Å². The quantitative estimate of drug-likeness (QED) is 0.830. The van der Waals surface area contributed by atoms with Crippen LogP contribution in [0.5, 0.6) is 0 Å². The zero-order valence-electron chi connectivity index (χ0n) is 14.0. The Bertz CT molecular complexity index is 559. The van der Waals surface area contributed by atoms with Crippen molar-refractivity contribution in [2.24, 2.45) is 5.92 Å². The first-order valence-corrected chi connectivity index (χ1v) is 8.51. The van der Waals surface area contributed by atoms with Gasteiger partial charge in [-0.25, -0.2) is 9.97 Å². The fourth-order valence-electron chi connectivity index (χ4n) is 2.54. The van der Waals surface area contributed by atoms with Gasteiger partial charge in [-0.3, -0.25) is 4.79 Å². The lowest BCUT2D eigenvalue weighted by Crippen LogP contribution is -2.45. The maximum Gasteiger partial charge on any atom is 0.271 e. The van der Waals surface area contributed by atoms with Crippen LogP contribution in [0, 0.1) is 5.92 Å². The van der Waals surface area contributed by atoms with Gasteiger partial charge in [0.05, 0.1) is 16.8 Å². The average molecular weight is 341 g/mol. The zero-order valence-corrected chi connectivity index (χ0v) is 14.7. The van der Waals surface area contributed by atoms with Crippen molar-refractivity contribution in [2.75, 3.05) is 24.5 Å². The molecule has 0 radical (unpaired) electrons. The zero-order chi connectivity index (χ0) is 17.0. The van der Waals surface area contributed by atoms with Crippen molar-refractivity contribution in [3.63, 3.8) is 0 Å². The molecule has 0 aliphatic carbocycles. The van der Waals surface area contributed by atoms with Gasteiger partial charge in [0.1, 0.15) is 0 Å². The van der Waals surface area contributed by atoms with E-state index >= 15 is 0 Å². The second kappa shape index (κ2) is 7.45. The van der Waals surface area contributed by atoms with Crippen molar-refractivity contribution in [1.82, 2.24) is 15.3 Å². The Kier molecular flexibility index (Phi) is 5.81. The third-order valence-corrected chi connectivity index (χ3v) is 4.89. The standard InChI is InChI=1S/C16H25ClN4O2/c1-4-11(2)16(3,23)10-19-14(22)13-12(17)9-18-15(20-13)21-7-5-6-8-21/h9,11,23H,4-8,10H2,1-3H3,(H,19,22). The van der Waals surface area contributed by atoms with Crippen molar-refractivity contribution in [2.45, 2.75) is 45.6 Å². The molecule has 7 heteroatoms. The number of anilines is 1. The van der Waals surface area contributed by atoms with Crippen LogP contribution in [0.15, 0.2) is 6.20 Å². The smallest absolute Gasteiger partial charge is 0.271 e. The molecule has 2 atom stereocenters. The molecule has 1 saturated heterocycles. The van der Waals surface area contributed by atoms with E-state index in [9.17, 15) is 9.90 Å². The van der Waals surface area contributed by atoms with E-state index in [0.29, 0.717) is 5.95 Å². The van der Waals surface area contributed by atoms with Gasteiger partial charge < -0.3 is 15.3 Å². The highest BCUT2D eigenvalue weighted by atomic mass is 35.5. The summed E-state index contributed by atoms with van der Waals surface area (Å²) in [5.74, 6) is 0.219. The topological polar surface area (TPSA) is 78.3 Å². The summed E-state index contributed by atoms with van der Waals surface area (Å²) in [5.41, 5.74) is -0.815. The maximum absolute atomic E-state index is 12.4. The summed E-state index contributed by atoms with van der Waals surface area (Å²) in [6.07, 6.45) is 4.50. The highest BCUT2D eigenvalue weighted by Gasteiger charge is 2.28. The predicted molar refractivity (Wildman–Crippen MR) is 90.9 cm³/mol. The number of rotatable bonds is 6. The lowest BCUT2D eigenvalue weighted by molar-refractivity contribution is 0.00588. The van der Waals surface area contributed by atoms with Crippen LogP contribution in [0.2, 0.25) is 5.02 Å². The minimum Gasteiger partial charge on any atom is -0.388 e. The molecule has 1 fully saturated rings. The van der Waals surface area contributed by atoms with E-state index in [4.69, 9.17) is 11.6 Å². The molecular formula is C16H25ClN4O2. The van der Waals surface area contributed by atoms with Crippen LogP contribution in [-0.2, 0) is 0 Å². The number of nitrogens with one attached hydrogen (secondary N) is 1. The van der Waals surface area contributed by atoms with Crippen molar-refractivity contribution >= 4 is 23.5 Å². The van der Waals surface area contributed by atoms with Crippen LogP contribution >= 0.6 is 11.6 Å². The molecule has 6 nitrogen and oxygen atoms in total. The molecule has 23 heavy (non-hydrogen) atoms. The second-order valence-electron chi connectivity index (χ2n) is 6.41. The van der Waals surface area contributed by atoms with Crippen LogP contribution in [0.1, 0.15) is 50.5 Å². The Morgan fingerprint density at radius 1 is 1.52 bits per heavy atom. The fraction of sp³-hybridized carbons (Fsp3) is 0.688. The number of nitrogens with zero attached hydrogens (tertiary/aromatic N) is 3. The van der Waals surface area contributed by atoms with E-state index in [2.05, 4.69) is 15.3 Å². The van der Waals surface area contributed by atoms with Gasteiger partial charge in [-0.2, -0.15) is 0 Å². The molecule has 1 aromatic heterocycles. The summed E-state index contributed by atoms with van der Waals surface area (Å²) in [6.45, 7) is 7.62. The SMILES string of the molecule is CCC(C)C(C)(O)CNC(=O)c1nc(N2CCCC2)ncc1Cl. The van der Waals surface area contributed by atoms with Gasteiger partial charge in [-0.1, -0.05) is 31.9 Å². The van der Waals surface area contributed by atoms with Crippen molar-refractivity contribution in [3.8, 4) is 0 Å². The van der Waals surface area contributed by atoms with E-state index in [1.807, 2.05) is 18.7 Å². The van der Waals surface area contributed by atoms with Crippen LogP contribution in [0.25, 0.3) is 0 Å². The molecule has 1 aliphatic rings. The number of halogens is 1. The molecule has 0 spiro atoms. The summed E-state index contributed by atoms with van der Waals surface area (Å²) >= 11 is 6.07. The van der Waals surface area contributed by atoms with Crippen molar-refractivity contribution in [1.29, 1.82) is 0 Å². The summed E-state index contributed by atoms with van der Waals surface area (Å²) in [7, 11) is 0. The maximum atomic E-state index is 12.4. The number of carbonyl (C=O) groups is 1. The number of hydrogen-bond donors (Lipinski definition) is 2. The van der Waals surface area contributed by atoms with Crippen molar-refractivity contribution < 1.29 is 9.90 Å².